The van der Waals surface area contributed by atoms with Crippen LogP contribution in [0.2, 0.25) is 0 Å². The Morgan fingerprint density at radius 2 is 1.94 bits per heavy atom. The maximum Gasteiger partial charge on any atom is 0.0567 e. The highest BCUT2D eigenvalue weighted by molar-refractivity contribution is 5.66. The first kappa shape index (κ1) is 11.8. The molecule has 0 radical (unpaired) electrons. The fraction of sp³-hybridized carbons (Fsp3) is 0.267. The third-order valence-corrected chi connectivity index (χ3v) is 2.75. The SMILES string of the molecule is Cc1cnc(CC(C)O)cc1-c1ccccc1. The number of aliphatic hydroxyl groups excluding tert-OH is 1. The van der Waals surface area contributed by atoms with E-state index >= 15 is 0 Å². The maximum atomic E-state index is 9.40. The van der Waals surface area contributed by atoms with Gasteiger partial charge in [0.25, 0.3) is 0 Å². The van der Waals surface area contributed by atoms with Gasteiger partial charge < -0.3 is 5.11 Å². The van der Waals surface area contributed by atoms with Gasteiger partial charge in [0.2, 0.25) is 0 Å². The first-order valence-electron chi connectivity index (χ1n) is 5.86. The standard InChI is InChI=1S/C15H17NO/c1-11-10-16-14(8-12(2)17)9-15(11)13-6-4-3-5-7-13/h3-7,9-10,12,17H,8H2,1-2H3. The Balaban J connectivity index is 2.40. The van der Waals surface area contributed by atoms with Crippen LogP contribution in [0.3, 0.4) is 0 Å². The number of aliphatic hydroxyl groups is 1. The topological polar surface area (TPSA) is 33.1 Å². The molecule has 0 spiro atoms. The predicted octanol–water partition coefficient (Wildman–Crippen LogP) is 2.98. The van der Waals surface area contributed by atoms with E-state index in [-0.39, 0.29) is 6.10 Å². The Hall–Kier alpha value is -1.67. The van der Waals surface area contributed by atoms with Crippen LogP contribution in [0.5, 0.6) is 0 Å². The van der Waals surface area contributed by atoms with E-state index in [0.29, 0.717) is 6.42 Å². The van der Waals surface area contributed by atoms with Crippen molar-refractivity contribution in [2.75, 3.05) is 0 Å². The van der Waals surface area contributed by atoms with Gasteiger partial charge in [-0.15, -0.1) is 0 Å². The van der Waals surface area contributed by atoms with Crippen LogP contribution in [0.1, 0.15) is 18.2 Å². The van der Waals surface area contributed by atoms with Crippen LogP contribution in [0.4, 0.5) is 0 Å². The van der Waals surface area contributed by atoms with E-state index in [1.165, 1.54) is 11.1 Å². The average Bonchev–Trinajstić information content (AvgIpc) is 2.32. The van der Waals surface area contributed by atoms with Gasteiger partial charge in [0.15, 0.2) is 0 Å². The third-order valence-electron chi connectivity index (χ3n) is 2.75. The molecule has 1 aromatic heterocycles. The van der Waals surface area contributed by atoms with Crippen molar-refractivity contribution in [1.29, 1.82) is 0 Å². The molecule has 1 atom stereocenters. The molecule has 2 aromatic rings. The Kier molecular flexibility index (Phi) is 3.55. The van der Waals surface area contributed by atoms with E-state index in [9.17, 15) is 5.11 Å². The monoisotopic (exact) mass is 227 g/mol. The summed E-state index contributed by atoms with van der Waals surface area (Å²) >= 11 is 0. The number of hydrogen-bond donors (Lipinski definition) is 1. The van der Waals surface area contributed by atoms with Gasteiger partial charge in [0, 0.05) is 18.3 Å². The molecule has 2 nitrogen and oxygen atoms in total. The lowest BCUT2D eigenvalue weighted by atomic mass is 10.0. The molecule has 2 heteroatoms. The number of benzene rings is 1. The number of nitrogens with zero attached hydrogens (tertiary/aromatic N) is 1. The van der Waals surface area contributed by atoms with Crippen LogP contribution in [-0.2, 0) is 6.42 Å². The summed E-state index contributed by atoms with van der Waals surface area (Å²) in [4.78, 5) is 4.34. The Morgan fingerprint density at radius 1 is 1.24 bits per heavy atom. The van der Waals surface area contributed by atoms with Gasteiger partial charge in [-0.1, -0.05) is 30.3 Å². The third kappa shape index (κ3) is 2.92. The van der Waals surface area contributed by atoms with Crippen molar-refractivity contribution in [3.05, 3.63) is 53.9 Å². The summed E-state index contributed by atoms with van der Waals surface area (Å²) in [5.74, 6) is 0. The molecule has 0 fully saturated rings. The summed E-state index contributed by atoms with van der Waals surface area (Å²) < 4.78 is 0. The van der Waals surface area contributed by atoms with E-state index in [0.717, 1.165) is 11.3 Å². The van der Waals surface area contributed by atoms with Crippen LogP contribution in [0.15, 0.2) is 42.6 Å². The van der Waals surface area contributed by atoms with E-state index in [2.05, 4.69) is 30.1 Å². The number of rotatable bonds is 3. The van der Waals surface area contributed by atoms with Gasteiger partial charge in [0.1, 0.15) is 0 Å². The van der Waals surface area contributed by atoms with Crippen LogP contribution in [0, 0.1) is 6.92 Å². The molecule has 17 heavy (non-hydrogen) atoms. The Morgan fingerprint density at radius 3 is 2.59 bits per heavy atom. The van der Waals surface area contributed by atoms with Crippen LogP contribution in [0.25, 0.3) is 11.1 Å². The predicted molar refractivity (Wildman–Crippen MR) is 69.8 cm³/mol. The molecule has 0 saturated carbocycles. The van der Waals surface area contributed by atoms with Crippen molar-refractivity contribution in [2.24, 2.45) is 0 Å². The van der Waals surface area contributed by atoms with Crippen molar-refractivity contribution in [2.45, 2.75) is 26.4 Å². The van der Waals surface area contributed by atoms with Crippen molar-refractivity contribution in [3.63, 3.8) is 0 Å². The fourth-order valence-electron chi connectivity index (χ4n) is 1.91. The lowest BCUT2D eigenvalue weighted by Crippen LogP contribution is -2.06. The lowest BCUT2D eigenvalue weighted by molar-refractivity contribution is 0.194. The number of aromatic nitrogens is 1. The van der Waals surface area contributed by atoms with Gasteiger partial charge in [0.05, 0.1) is 6.10 Å². The van der Waals surface area contributed by atoms with Crippen molar-refractivity contribution in [3.8, 4) is 11.1 Å². The second-order valence-electron chi connectivity index (χ2n) is 4.41. The van der Waals surface area contributed by atoms with Gasteiger partial charge in [-0.05, 0) is 36.6 Å². The van der Waals surface area contributed by atoms with Crippen LogP contribution < -0.4 is 0 Å². The highest BCUT2D eigenvalue weighted by atomic mass is 16.3. The molecule has 1 aromatic carbocycles. The molecule has 88 valence electrons. The molecule has 0 aliphatic heterocycles. The first-order valence-corrected chi connectivity index (χ1v) is 5.86. The minimum absolute atomic E-state index is 0.353. The van der Waals surface area contributed by atoms with Gasteiger partial charge in [-0.2, -0.15) is 0 Å². The Bertz CT molecular complexity index is 492. The zero-order valence-corrected chi connectivity index (χ0v) is 10.2. The molecule has 0 amide bonds. The highest BCUT2D eigenvalue weighted by Gasteiger charge is 2.06. The van der Waals surface area contributed by atoms with Crippen molar-refractivity contribution >= 4 is 0 Å². The molecule has 1 N–H and O–H groups in total. The molecule has 1 unspecified atom stereocenters. The van der Waals surface area contributed by atoms with Crippen LogP contribution >= 0.6 is 0 Å². The normalized spacial score (nSPS) is 12.4. The average molecular weight is 227 g/mol. The quantitative estimate of drug-likeness (QED) is 0.874. The van der Waals surface area contributed by atoms with Crippen molar-refractivity contribution in [1.82, 2.24) is 4.98 Å². The van der Waals surface area contributed by atoms with E-state index in [1.54, 1.807) is 6.92 Å². The second kappa shape index (κ2) is 5.11. The summed E-state index contributed by atoms with van der Waals surface area (Å²) in [5.41, 5.74) is 4.48. The van der Waals surface area contributed by atoms with Crippen molar-refractivity contribution < 1.29 is 5.11 Å². The molecule has 0 bridgehead atoms. The summed E-state index contributed by atoms with van der Waals surface area (Å²) in [6.07, 6.45) is 2.12. The smallest absolute Gasteiger partial charge is 0.0567 e. The Labute approximate surface area is 102 Å². The lowest BCUT2D eigenvalue weighted by Gasteiger charge is -2.09. The summed E-state index contributed by atoms with van der Waals surface area (Å²) in [6.45, 7) is 3.84. The second-order valence-corrected chi connectivity index (χ2v) is 4.41. The van der Waals surface area contributed by atoms with Gasteiger partial charge in [-0.25, -0.2) is 0 Å². The summed E-state index contributed by atoms with van der Waals surface area (Å²) in [6, 6.07) is 12.3. The highest BCUT2D eigenvalue weighted by Crippen LogP contribution is 2.23. The van der Waals surface area contributed by atoms with E-state index in [1.807, 2.05) is 24.4 Å². The molecule has 2 rings (SSSR count). The molecular formula is C15H17NO. The fourth-order valence-corrected chi connectivity index (χ4v) is 1.91. The van der Waals surface area contributed by atoms with Gasteiger partial charge >= 0.3 is 0 Å². The molecular weight excluding hydrogens is 210 g/mol. The summed E-state index contributed by atoms with van der Waals surface area (Å²) in [7, 11) is 0. The molecule has 0 saturated heterocycles. The van der Waals surface area contributed by atoms with E-state index < -0.39 is 0 Å². The first-order chi connectivity index (χ1) is 8.16. The maximum absolute atomic E-state index is 9.40. The molecule has 0 aliphatic carbocycles. The van der Waals surface area contributed by atoms with Crippen LogP contribution in [-0.4, -0.2) is 16.2 Å². The summed E-state index contributed by atoms with van der Waals surface area (Å²) in [5, 5.41) is 9.40. The minimum atomic E-state index is -0.353. The number of aryl methyl sites for hydroxylation is 1. The number of pyridine rings is 1. The zero-order chi connectivity index (χ0) is 12.3. The minimum Gasteiger partial charge on any atom is -0.393 e. The van der Waals surface area contributed by atoms with Gasteiger partial charge in [-0.3, -0.25) is 4.98 Å². The molecule has 1 heterocycles. The number of hydrogen-bond acceptors (Lipinski definition) is 2. The largest absolute Gasteiger partial charge is 0.393 e. The molecule has 0 aliphatic rings. The van der Waals surface area contributed by atoms with E-state index in [4.69, 9.17) is 0 Å². The zero-order valence-electron chi connectivity index (χ0n) is 10.2.